The molecule has 0 rings (SSSR count). The van der Waals surface area contributed by atoms with E-state index in [4.69, 9.17) is 6.58 Å². The summed E-state index contributed by atoms with van der Waals surface area (Å²) in [5.41, 5.74) is -1.19. The highest BCUT2D eigenvalue weighted by molar-refractivity contribution is 4.98. The summed E-state index contributed by atoms with van der Waals surface area (Å²) < 4.78 is 0. The predicted octanol–water partition coefficient (Wildman–Crippen LogP) is 1.28. The van der Waals surface area contributed by atoms with Crippen LogP contribution in [0.3, 0.4) is 0 Å². The third kappa shape index (κ3) is 2.64. The molecule has 0 bridgehead atoms. The Kier molecular flexibility index (Phi) is 4.38. The molecule has 0 aliphatic rings. The molecule has 2 nitrogen and oxygen atoms in total. The molecule has 0 aliphatic heterocycles. The zero-order valence-corrected chi connectivity index (χ0v) is 7.25. The lowest BCUT2D eigenvalue weighted by Crippen LogP contribution is -2.39. The second-order valence-corrected chi connectivity index (χ2v) is 2.83. The first kappa shape index (κ1) is 10.7. The van der Waals surface area contributed by atoms with Crippen LogP contribution in [0.1, 0.15) is 33.1 Å². The van der Waals surface area contributed by atoms with Gasteiger partial charge in [-0.05, 0) is 12.8 Å². The first-order valence-corrected chi connectivity index (χ1v) is 4.07. The van der Waals surface area contributed by atoms with Gasteiger partial charge in [-0.3, -0.25) is 0 Å². The maximum absolute atomic E-state index is 9.66. The van der Waals surface area contributed by atoms with E-state index < -0.39 is 11.7 Å². The van der Waals surface area contributed by atoms with Crippen molar-refractivity contribution in [3.05, 3.63) is 12.7 Å². The monoisotopic (exact) mass is 157 g/mol. The van der Waals surface area contributed by atoms with Gasteiger partial charge in [0.2, 0.25) is 0 Å². The summed E-state index contributed by atoms with van der Waals surface area (Å²) >= 11 is 0. The van der Waals surface area contributed by atoms with Crippen LogP contribution in [0.5, 0.6) is 0 Å². The minimum atomic E-state index is -1.19. The first-order valence-electron chi connectivity index (χ1n) is 4.07. The smallest absolute Gasteiger partial charge is 0.109 e. The second kappa shape index (κ2) is 4.52. The van der Waals surface area contributed by atoms with Crippen LogP contribution in [0.4, 0.5) is 0 Å². The molecule has 0 aliphatic carbocycles. The van der Waals surface area contributed by atoms with Crippen molar-refractivity contribution in [2.75, 3.05) is 0 Å². The highest BCUT2D eigenvalue weighted by Gasteiger charge is 2.29. The molecular weight excluding hydrogens is 140 g/mol. The second-order valence-electron chi connectivity index (χ2n) is 2.83. The zero-order chi connectivity index (χ0) is 8.91. The fraction of sp³-hybridized carbons (Fsp3) is 0.778. The molecule has 0 aromatic carbocycles. The van der Waals surface area contributed by atoms with Crippen molar-refractivity contribution in [2.45, 2.75) is 44.8 Å². The minimum absolute atomic E-state index is 0.512. The quantitative estimate of drug-likeness (QED) is 0.631. The van der Waals surface area contributed by atoms with Crippen LogP contribution in [0.25, 0.3) is 0 Å². The van der Waals surface area contributed by atoms with Gasteiger partial charge >= 0.3 is 0 Å². The van der Waals surface area contributed by atoms with E-state index in [0.29, 0.717) is 12.8 Å². The van der Waals surface area contributed by atoms with Crippen molar-refractivity contribution in [1.82, 2.24) is 0 Å². The van der Waals surface area contributed by atoms with Gasteiger partial charge in [-0.25, -0.2) is 0 Å². The molecular formula is C9H17O2. The Morgan fingerprint density at radius 3 is 2.36 bits per heavy atom. The van der Waals surface area contributed by atoms with E-state index in [2.05, 4.69) is 0 Å². The molecule has 0 saturated carbocycles. The Balaban J connectivity index is 4.18. The van der Waals surface area contributed by atoms with Crippen LogP contribution in [0.2, 0.25) is 0 Å². The maximum atomic E-state index is 9.66. The standard InChI is InChI=1S/C9H17O2/c1-4-7-9(11,6-3)8(10)5-2/h3,6,8,10-11H,4-5,7H2,1-2H3. The summed E-state index contributed by atoms with van der Waals surface area (Å²) in [7, 11) is 0. The van der Waals surface area contributed by atoms with Crippen molar-refractivity contribution in [3.8, 4) is 0 Å². The van der Waals surface area contributed by atoms with Crippen LogP contribution >= 0.6 is 0 Å². The Labute approximate surface area is 68.6 Å². The van der Waals surface area contributed by atoms with Gasteiger partial charge < -0.3 is 10.2 Å². The highest BCUT2D eigenvalue weighted by atomic mass is 16.3. The van der Waals surface area contributed by atoms with Gasteiger partial charge in [0.15, 0.2) is 0 Å². The van der Waals surface area contributed by atoms with Gasteiger partial charge in [-0.1, -0.05) is 32.9 Å². The van der Waals surface area contributed by atoms with Crippen LogP contribution < -0.4 is 0 Å². The molecule has 0 aromatic rings. The molecule has 0 spiro atoms. The molecule has 1 radical (unpaired) electrons. The van der Waals surface area contributed by atoms with Crippen molar-refractivity contribution in [3.63, 3.8) is 0 Å². The molecule has 11 heavy (non-hydrogen) atoms. The van der Waals surface area contributed by atoms with Crippen molar-refractivity contribution >= 4 is 0 Å². The Morgan fingerprint density at radius 1 is 1.55 bits per heavy atom. The minimum Gasteiger partial charge on any atom is -0.390 e. The Hall–Kier alpha value is -0.340. The van der Waals surface area contributed by atoms with Gasteiger partial charge in [0, 0.05) is 0 Å². The van der Waals surface area contributed by atoms with Gasteiger partial charge in [-0.2, -0.15) is 0 Å². The molecule has 0 amide bonds. The van der Waals surface area contributed by atoms with Gasteiger partial charge in [0.05, 0.1) is 6.10 Å². The summed E-state index contributed by atoms with van der Waals surface area (Å²) in [5, 5.41) is 19.0. The Bertz CT molecular complexity index is 123. The molecule has 2 unspecified atom stereocenters. The number of hydrogen-bond acceptors (Lipinski definition) is 2. The largest absolute Gasteiger partial charge is 0.390 e. The molecule has 0 saturated heterocycles. The van der Waals surface area contributed by atoms with Gasteiger partial charge in [-0.15, -0.1) is 0 Å². The SMILES string of the molecule is [CH]=CC(O)(CCC)C(O)CC. The van der Waals surface area contributed by atoms with Crippen molar-refractivity contribution < 1.29 is 10.2 Å². The molecule has 65 valence electrons. The fourth-order valence-electron chi connectivity index (χ4n) is 1.11. The van der Waals surface area contributed by atoms with Gasteiger partial charge in [0.25, 0.3) is 0 Å². The fourth-order valence-corrected chi connectivity index (χ4v) is 1.11. The number of aliphatic hydroxyl groups is 2. The van der Waals surface area contributed by atoms with E-state index in [0.717, 1.165) is 6.42 Å². The average molecular weight is 157 g/mol. The van der Waals surface area contributed by atoms with Crippen molar-refractivity contribution in [2.24, 2.45) is 0 Å². The molecule has 2 N–H and O–H groups in total. The lowest BCUT2D eigenvalue weighted by atomic mass is 9.90. The summed E-state index contributed by atoms with van der Waals surface area (Å²) in [5.74, 6) is 0. The number of aliphatic hydroxyl groups excluding tert-OH is 1. The molecule has 0 fully saturated rings. The first-order chi connectivity index (χ1) is 5.10. The van der Waals surface area contributed by atoms with Gasteiger partial charge in [0.1, 0.15) is 5.60 Å². The molecule has 0 heterocycles. The summed E-state index contributed by atoms with van der Waals surface area (Å²) in [6.07, 6.45) is 2.28. The molecule has 2 atom stereocenters. The lowest BCUT2D eigenvalue weighted by molar-refractivity contribution is -0.0463. The molecule has 0 aromatic heterocycles. The van der Waals surface area contributed by atoms with E-state index in [1.807, 2.05) is 13.8 Å². The van der Waals surface area contributed by atoms with E-state index in [1.54, 1.807) is 0 Å². The van der Waals surface area contributed by atoms with Crippen LogP contribution in [-0.2, 0) is 0 Å². The highest BCUT2D eigenvalue weighted by Crippen LogP contribution is 2.20. The number of rotatable bonds is 5. The van der Waals surface area contributed by atoms with E-state index in [9.17, 15) is 10.2 Å². The van der Waals surface area contributed by atoms with E-state index >= 15 is 0 Å². The third-order valence-corrected chi connectivity index (χ3v) is 1.90. The van der Waals surface area contributed by atoms with Crippen LogP contribution in [0.15, 0.2) is 6.08 Å². The summed E-state index contributed by atoms with van der Waals surface area (Å²) in [4.78, 5) is 0. The van der Waals surface area contributed by atoms with Crippen molar-refractivity contribution in [1.29, 1.82) is 0 Å². The topological polar surface area (TPSA) is 40.5 Å². The zero-order valence-electron chi connectivity index (χ0n) is 7.25. The maximum Gasteiger partial charge on any atom is 0.109 e. The average Bonchev–Trinajstić information content (AvgIpc) is 2.03. The predicted molar refractivity (Wildman–Crippen MR) is 45.0 cm³/mol. The molecule has 2 heteroatoms. The third-order valence-electron chi connectivity index (χ3n) is 1.90. The van der Waals surface area contributed by atoms with E-state index in [1.165, 1.54) is 6.08 Å². The van der Waals surface area contributed by atoms with Crippen LogP contribution in [-0.4, -0.2) is 21.9 Å². The summed E-state index contributed by atoms with van der Waals surface area (Å²) in [6, 6.07) is 0. The van der Waals surface area contributed by atoms with Crippen LogP contribution in [0, 0.1) is 6.58 Å². The Morgan fingerprint density at radius 2 is 2.09 bits per heavy atom. The normalized spacial score (nSPS) is 18.9. The van der Waals surface area contributed by atoms with E-state index in [-0.39, 0.29) is 0 Å². The number of hydrogen-bond donors (Lipinski definition) is 2. The summed E-state index contributed by atoms with van der Waals surface area (Å²) in [6.45, 7) is 8.99. The lowest BCUT2D eigenvalue weighted by Gasteiger charge is -2.28.